The van der Waals surface area contributed by atoms with Crippen molar-refractivity contribution in [3.05, 3.63) is 108 Å². The lowest BCUT2D eigenvalue weighted by molar-refractivity contribution is 0.0994. The highest BCUT2D eigenvalue weighted by molar-refractivity contribution is 6.20. The molecule has 0 bridgehead atoms. The minimum Gasteiger partial charge on any atom is -0.497 e. The maximum atomic E-state index is 13.7. The zero-order valence-electron chi connectivity index (χ0n) is 19.7. The summed E-state index contributed by atoms with van der Waals surface area (Å²) >= 11 is 0. The first-order valence-corrected chi connectivity index (χ1v) is 11.3. The van der Waals surface area contributed by atoms with Crippen LogP contribution in [-0.4, -0.2) is 36.1 Å². The lowest BCUT2D eigenvalue weighted by Gasteiger charge is -2.10. The molecule has 7 nitrogen and oxygen atoms in total. The molecule has 0 fully saturated rings. The number of carbonyl (C=O) groups is 2. The molecular weight excluding hydrogens is 454 g/mol. The number of ketones is 1. The maximum absolute atomic E-state index is 13.7. The van der Waals surface area contributed by atoms with Crippen molar-refractivity contribution in [2.75, 3.05) is 19.5 Å². The number of hydrogen-bond acceptors (Lipinski definition) is 5. The van der Waals surface area contributed by atoms with E-state index in [0.29, 0.717) is 34.0 Å². The third kappa shape index (κ3) is 4.30. The van der Waals surface area contributed by atoms with Gasteiger partial charge in [0, 0.05) is 22.2 Å². The molecule has 4 aromatic carbocycles. The Bertz CT molecular complexity index is 1550. The van der Waals surface area contributed by atoms with Crippen LogP contribution >= 0.6 is 0 Å². The number of rotatable bonds is 7. The minimum absolute atomic E-state index is 0.0783. The number of carbonyl (C=O) groups excluding carboxylic acids is 2. The van der Waals surface area contributed by atoms with E-state index in [1.807, 2.05) is 42.5 Å². The number of H-pyrrole nitrogens is 1. The number of fused-ring (bicyclic) bond motifs is 1. The summed E-state index contributed by atoms with van der Waals surface area (Å²) in [6.07, 6.45) is 0. The molecule has 0 radical (unpaired) electrons. The van der Waals surface area contributed by atoms with E-state index in [4.69, 9.17) is 9.47 Å². The second kappa shape index (κ2) is 9.76. The van der Waals surface area contributed by atoms with Gasteiger partial charge in [-0.3, -0.25) is 14.7 Å². The smallest absolute Gasteiger partial charge is 0.274 e. The van der Waals surface area contributed by atoms with E-state index in [-0.39, 0.29) is 17.0 Å². The highest BCUT2D eigenvalue weighted by Gasteiger charge is 2.27. The highest BCUT2D eigenvalue weighted by Crippen LogP contribution is 2.30. The molecular formula is C29H23N3O4. The molecule has 36 heavy (non-hydrogen) atoms. The molecule has 0 saturated carbocycles. The highest BCUT2D eigenvalue weighted by atomic mass is 16.5. The Labute approximate surface area is 207 Å². The molecule has 0 aliphatic rings. The van der Waals surface area contributed by atoms with Crippen molar-refractivity contribution in [2.45, 2.75) is 0 Å². The van der Waals surface area contributed by atoms with Gasteiger partial charge in [0.05, 0.1) is 19.8 Å². The van der Waals surface area contributed by atoms with Crippen LogP contribution in [0.5, 0.6) is 11.5 Å². The summed E-state index contributed by atoms with van der Waals surface area (Å²) < 4.78 is 10.5. The molecule has 7 heteroatoms. The summed E-state index contributed by atoms with van der Waals surface area (Å²) in [5.74, 6) is 0.505. The molecule has 0 spiro atoms. The van der Waals surface area contributed by atoms with Crippen molar-refractivity contribution in [1.82, 2.24) is 10.2 Å². The fourth-order valence-electron chi connectivity index (χ4n) is 4.09. The van der Waals surface area contributed by atoms with Crippen LogP contribution in [0, 0.1) is 0 Å². The summed E-state index contributed by atoms with van der Waals surface area (Å²) in [5, 5.41) is 12.0. The van der Waals surface area contributed by atoms with E-state index in [0.717, 1.165) is 10.8 Å². The van der Waals surface area contributed by atoms with Gasteiger partial charge in [-0.25, -0.2) is 0 Å². The molecule has 1 aromatic heterocycles. The van der Waals surface area contributed by atoms with Crippen LogP contribution in [0.25, 0.3) is 22.0 Å². The van der Waals surface area contributed by atoms with Crippen molar-refractivity contribution in [2.24, 2.45) is 0 Å². The minimum atomic E-state index is -0.463. The fourth-order valence-corrected chi connectivity index (χ4v) is 4.09. The Hall–Kier alpha value is -4.91. The summed E-state index contributed by atoms with van der Waals surface area (Å²) in [6, 6.07) is 27.3. The molecule has 0 aliphatic carbocycles. The zero-order valence-corrected chi connectivity index (χ0v) is 19.7. The van der Waals surface area contributed by atoms with E-state index in [1.54, 1.807) is 62.8 Å². The van der Waals surface area contributed by atoms with Gasteiger partial charge < -0.3 is 14.8 Å². The summed E-state index contributed by atoms with van der Waals surface area (Å²) in [7, 11) is 3.14. The Morgan fingerprint density at radius 1 is 0.778 bits per heavy atom. The Kier molecular flexibility index (Phi) is 6.19. The second-order valence-electron chi connectivity index (χ2n) is 8.09. The molecule has 178 valence electrons. The molecule has 0 aliphatic heterocycles. The summed E-state index contributed by atoms with van der Waals surface area (Å²) in [5.41, 5.74) is 2.36. The third-order valence-electron chi connectivity index (χ3n) is 5.97. The number of ether oxygens (including phenoxy) is 2. The Morgan fingerprint density at radius 3 is 2.11 bits per heavy atom. The Morgan fingerprint density at radius 2 is 1.42 bits per heavy atom. The number of amides is 1. The number of benzene rings is 4. The molecule has 5 rings (SSSR count). The average molecular weight is 478 g/mol. The largest absolute Gasteiger partial charge is 0.497 e. The standard InChI is InChI=1S/C29H23N3O4/c1-35-21-14-10-19(11-15-21)26-25(28(33)20-12-16-22(36-2)17-13-20)27(32-31-26)29(34)30-24-9-5-7-18-6-3-4-8-23(18)24/h3-17H,1-2H3,(H,30,34)(H,31,32). The Balaban J connectivity index is 1.58. The van der Waals surface area contributed by atoms with E-state index in [1.165, 1.54) is 0 Å². The van der Waals surface area contributed by atoms with Gasteiger partial charge in [0.25, 0.3) is 5.91 Å². The predicted molar refractivity (Wildman–Crippen MR) is 139 cm³/mol. The normalized spacial score (nSPS) is 10.7. The second-order valence-corrected chi connectivity index (χ2v) is 8.09. The lowest BCUT2D eigenvalue weighted by atomic mass is 9.97. The number of nitrogens with one attached hydrogen (secondary N) is 2. The zero-order chi connectivity index (χ0) is 25.1. The fraction of sp³-hybridized carbons (Fsp3) is 0.0690. The maximum Gasteiger partial charge on any atom is 0.274 e. The van der Waals surface area contributed by atoms with Crippen molar-refractivity contribution in [3.63, 3.8) is 0 Å². The van der Waals surface area contributed by atoms with Crippen LogP contribution in [-0.2, 0) is 0 Å². The van der Waals surface area contributed by atoms with Crippen molar-refractivity contribution in [3.8, 4) is 22.8 Å². The van der Waals surface area contributed by atoms with Crippen molar-refractivity contribution < 1.29 is 19.1 Å². The number of hydrogen-bond donors (Lipinski definition) is 2. The molecule has 0 unspecified atom stereocenters. The van der Waals surface area contributed by atoms with Gasteiger partial charge in [0.2, 0.25) is 0 Å². The SMILES string of the molecule is COc1ccc(C(=O)c2c(-c3ccc(OC)cc3)n[nH]c2C(=O)Nc2cccc3ccccc23)cc1. The quantitative estimate of drug-likeness (QED) is 0.292. The number of methoxy groups -OCH3 is 2. The van der Waals surface area contributed by atoms with Gasteiger partial charge in [0.1, 0.15) is 22.9 Å². The molecule has 0 saturated heterocycles. The van der Waals surface area contributed by atoms with Crippen LogP contribution in [0.3, 0.4) is 0 Å². The first-order valence-electron chi connectivity index (χ1n) is 11.3. The monoisotopic (exact) mass is 477 g/mol. The lowest BCUT2D eigenvalue weighted by Crippen LogP contribution is -2.17. The van der Waals surface area contributed by atoms with Gasteiger partial charge in [-0.15, -0.1) is 0 Å². The molecule has 2 N–H and O–H groups in total. The summed E-state index contributed by atoms with van der Waals surface area (Å²) in [4.78, 5) is 27.2. The van der Waals surface area contributed by atoms with Crippen LogP contribution in [0.4, 0.5) is 5.69 Å². The van der Waals surface area contributed by atoms with Crippen molar-refractivity contribution in [1.29, 1.82) is 0 Å². The van der Waals surface area contributed by atoms with Crippen LogP contribution in [0.1, 0.15) is 26.4 Å². The topological polar surface area (TPSA) is 93.3 Å². The van der Waals surface area contributed by atoms with Crippen molar-refractivity contribution >= 4 is 28.2 Å². The number of aromatic amines is 1. The molecule has 1 amide bonds. The van der Waals surface area contributed by atoms with E-state index < -0.39 is 5.91 Å². The van der Waals surface area contributed by atoms with Crippen LogP contribution < -0.4 is 14.8 Å². The number of nitrogens with zero attached hydrogens (tertiary/aromatic N) is 1. The first-order chi connectivity index (χ1) is 17.6. The van der Waals surface area contributed by atoms with Gasteiger partial charge in [0.15, 0.2) is 5.78 Å². The number of aromatic nitrogens is 2. The van der Waals surface area contributed by atoms with Gasteiger partial charge in [-0.1, -0.05) is 36.4 Å². The molecule has 1 heterocycles. The number of anilines is 1. The average Bonchev–Trinajstić information content (AvgIpc) is 3.38. The predicted octanol–water partition coefficient (Wildman–Crippen LogP) is 5.73. The molecule has 5 aromatic rings. The van der Waals surface area contributed by atoms with Crippen LogP contribution in [0.2, 0.25) is 0 Å². The van der Waals surface area contributed by atoms with E-state index >= 15 is 0 Å². The van der Waals surface area contributed by atoms with Gasteiger partial charge in [-0.05, 0) is 60.0 Å². The third-order valence-corrected chi connectivity index (χ3v) is 5.97. The van der Waals surface area contributed by atoms with Gasteiger partial charge in [-0.2, -0.15) is 5.10 Å². The summed E-state index contributed by atoms with van der Waals surface area (Å²) in [6.45, 7) is 0. The van der Waals surface area contributed by atoms with E-state index in [9.17, 15) is 9.59 Å². The van der Waals surface area contributed by atoms with Crippen LogP contribution in [0.15, 0.2) is 91.0 Å². The molecule has 0 atom stereocenters. The first kappa shape index (κ1) is 22.9. The van der Waals surface area contributed by atoms with E-state index in [2.05, 4.69) is 15.5 Å². The van der Waals surface area contributed by atoms with Gasteiger partial charge >= 0.3 is 0 Å².